The van der Waals surface area contributed by atoms with Crippen molar-refractivity contribution in [3.8, 4) is 0 Å². The molecule has 10 heteroatoms. The van der Waals surface area contributed by atoms with Gasteiger partial charge in [-0.1, -0.05) is 19.6 Å². The van der Waals surface area contributed by atoms with Crippen LogP contribution >= 0.6 is 0 Å². The van der Waals surface area contributed by atoms with E-state index in [2.05, 4.69) is 34.9 Å². The molecule has 0 spiro atoms. The highest BCUT2D eigenvalue weighted by molar-refractivity contribution is 6.76. The SMILES string of the molecule is CC(C)(C)OC(=O)N1CC(Nc2ncnc3c2c(C(=O)C2CC2)cn3COCC[Si](C)(C)C)C1. The van der Waals surface area contributed by atoms with Crippen LogP contribution in [0.1, 0.15) is 44.0 Å². The lowest BCUT2D eigenvalue weighted by Gasteiger charge is -2.40. The molecule has 4 rings (SSSR count). The van der Waals surface area contributed by atoms with Crippen molar-refractivity contribution in [3.05, 3.63) is 18.1 Å². The maximum Gasteiger partial charge on any atom is 0.410 e. The molecule has 1 N–H and O–H groups in total. The number of Topliss-reactive ketones (excluding diaryl/α,β-unsaturated/α-hetero) is 1. The summed E-state index contributed by atoms with van der Waals surface area (Å²) in [7, 11) is -1.18. The van der Waals surface area contributed by atoms with Gasteiger partial charge in [0.15, 0.2) is 5.78 Å². The minimum atomic E-state index is -1.18. The number of hydrogen-bond acceptors (Lipinski definition) is 7. The van der Waals surface area contributed by atoms with Crippen molar-refractivity contribution in [3.63, 3.8) is 0 Å². The molecular formula is C24H37N5O4Si. The van der Waals surface area contributed by atoms with Gasteiger partial charge in [0.25, 0.3) is 0 Å². The van der Waals surface area contributed by atoms with Crippen LogP contribution in [-0.4, -0.2) is 70.7 Å². The van der Waals surface area contributed by atoms with Crippen LogP contribution in [-0.2, 0) is 16.2 Å². The van der Waals surface area contributed by atoms with Gasteiger partial charge < -0.3 is 24.3 Å². The first kappa shape index (κ1) is 24.7. The van der Waals surface area contributed by atoms with Crippen molar-refractivity contribution >= 4 is 36.8 Å². The van der Waals surface area contributed by atoms with E-state index in [1.165, 1.54) is 6.33 Å². The highest BCUT2D eigenvalue weighted by Crippen LogP contribution is 2.37. The van der Waals surface area contributed by atoms with Gasteiger partial charge in [-0.15, -0.1) is 0 Å². The Kier molecular flexibility index (Phi) is 6.74. The molecule has 1 saturated carbocycles. The molecule has 2 aromatic rings. The van der Waals surface area contributed by atoms with Gasteiger partial charge >= 0.3 is 6.09 Å². The Hall–Kier alpha value is -2.46. The van der Waals surface area contributed by atoms with Gasteiger partial charge in [-0.05, 0) is 39.7 Å². The Morgan fingerprint density at radius 3 is 2.50 bits per heavy atom. The fraction of sp³-hybridized carbons (Fsp3) is 0.667. The number of hydrogen-bond donors (Lipinski definition) is 1. The van der Waals surface area contributed by atoms with Gasteiger partial charge in [0.05, 0.1) is 11.4 Å². The summed E-state index contributed by atoms with van der Waals surface area (Å²) in [5.41, 5.74) is 0.822. The van der Waals surface area contributed by atoms with E-state index in [-0.39, 0.29) is 23.8 Å². The third-order valence-electron chi connectivity index (χ3n) is 5.97. The molecule has 1 saturated heterocycles. The van der Waals surface area contributed by atoms with Crippen LogP contribution in [0.3, 0.4) is 0 Å². The van der Waals surface area contributed by atoms with E-state index in [0.717, 1.165) is 24.3 Å². The Morgan fingerprint density at radius 2 is 1.88 bits per heavy atom. The Labute approximate surface area is 202 Å². The maximum absolute atomic E-state index is 13.1. The van der Waals surface area contributed by atoms with Crippen molar-refractivity contribution in [1.29, 1.82) is 0 Å². The lowest BCUT2D eigenvalue weighted by Crippen LogP contribution is -2.58. The predicted octanol–water partition coefficient (Wildman–Crippen LogP) is 4.37. The number of aromatic nitrogens is 3. The Balaban J connectivity index is 1.49. The van der Waals surface area contributed by atoms with Crippen LogP contribution in [0, 0.1) is 5.92 Å². The summed E-state index contributed by atoms with van der Waals surface area (Å²) < 4.78 is 13.3. The number of anilines is 1. The fourth-order valence-corrected chi connectivity index (χ4v) is 4.62. The van der Waals surface area contributed by atoms with E-state index >= 15 is 0 Å². The topological polar surface area (TPSA) is 98.6 Å². The highest BCUT2D eigenvalue weighted by Gasteiger charge is 2.36. The smallest absolute Gasteiger partial charge is 0.410 e. The lowest BCUT2D eigenvalue weighted by molar-refractivity contribution is 0.0104. The molecule has 2 aromatic heterocycles. The first-order valence-corrected chi connectivity index (χ1v) is 15.8. The fourth-order valence-electron chi connectivity index (χ4n) is 3.86. The van der Waals surface area contributed by atoms with Gasteiger partial charge in [0.2, 0.25) is 0 Å². The zero-order valence-corrected chi connectivity index (χ0v) is 22.2. The van der Waals surface area contributed by atoms with E-state index in [0.29, 0.717) is 43.5 Å². The van der Waals surface area contributed by atoms with Crippen molar-refractivity contribution in [2.45, 2.75) is 77.7 Å². The summed E-state index contributed by atoms with van der Waals surface area (Å²) in [6.07, 6.45) is 4.93. The number of carbonyl (C=O) groups is 2. The van der Waals surface area contributed by atoms with Gasteiger partial charge in [-0.2, -0.15) is 0 Å². The predicted molar refractivity (Wildman–Crippen MR) is 134 cm³/mol. The molecular weight excluding hydrogens is 450 g/mol. The Morgan fingerprint density at radius 1 is 1.18 bits per heavy atom. The van der Waals surface area contributed by atoms with Crippen LogP contribution < -0.4 is 5.32 Å². The molecule has 3 heterocycles. The van der Waals surface area contributed by atoms with Crippen LogP contribution in [0.15, 0.2) is 12.5 Å². The quantitative estimate of drug-likeness (QED) is 0.319. The second-order valence-electron chi connectivity index (χ2n) is 11.6. The average molecular weight is 488 g/mol. The lowest BCUT2D eigenvalue weighted by atomic mass is 10.1. The van der Waals surface area contributed by atoms with E-state index < -0.39 is 13.7 Å². The molecule has 0 radical (unpaired) electrons. The summed E-state index contributed by atoms with van der Waals surface area (Å²) in [6, 6.07) is 1.11. The van der Waals surface area contributed by atoms with E-state index in [1.54, 1.807) is 4.90 Å². The van der Waals surface area contributed by atoms with Gasteiger partial charge in [-0.3, -0.25) is 4.79 Å². The van der Waals surface area contributed by atoms with Crippen LogP contribution in [0.2, 0.25) is 25.7 Å². The summed E-state index contributed by atoms with van der Waals surface area (Å²) in [6.45, 7) is 14.6. The minimum absolute atomic E-state index is 0.0332. The average Bonchev–Trinajstić information content (AvgIpc) is 3.47. The maximum atomic E-state index is 13.1. The summed E-state index contributed by atoms with van der Waals surface area (Å²) in [4.78, 5) is 36.0. The number of amides is 1. The van der Waals surface area contributed by atoms with Crippen molar-refractivity contribution in [2.75, 3.05) is 25.0 Å². The largest absolute Gasteiger partial charge is 0.444 e. The second-order valence-corrected chi connectivity index (χ2v) is 17.3. The molecule has 1 aliphatic heterocycles. The van der Waals surface area contributed by atoms with E-state index in [4.69, 9.17) is 9.47 Å². The summed E-state index contributed by atoms with van der Waals surface area (Å²) in [5.74, 6) is 0.864. The molecule has 9 nitrogen and oxygen atoms in total. The first-order chi connectivity index (χ1) is 15.9. The number of likely N-dealkylation sites (tertiary alicyclic amines) is 1. The van der Waals surface area contributed by atoms with E-state index in [1.807, 2.05) is 31.5 Å². The minimum Gasteiger partial charge on any atom is -0.444 e. The molecule has 1 aliphatic carbocycles. The molecule has 186 valence electrons. The van der Waals surface area contributed by atoms with Crippen molar-refractivity contribution < 1.29 is 19.1 Å². The number of ketones is 1. The molecule has 2 fully saturated rings. The zero-order valence-electron chi connectivity index (χ0n) is 21.2. The monoisotopic (exact) mass is 487 g/mol. The summed E-state index contributed by atoms with van der Waals surface area (Å²) in [5, 5.41) is 4.16. The van der Waals surface area contributed by atoms with Crippen LogP contribution in [0.25, 0.3) is 11.0 Å². The molecule has 2 aliphatic rings. The Bertz CT molecular complexity index is 1060. The number of ether oxygens (including phenoxy) is 2. The number of carbonyl (C=O) groups excluding carboxylic acids is 2. The third kappa shape index (κ3) is 5.96. The number of nitrogens with one attached hydrogen (secondary N) is 1. The van der Waals surface area contributed by atoms with Crippen LogP contribution in [0.5, 0.6) is 0 Å². The van der Waals surface area contributed by atoms with Gasteiger partial charge in [0.1, 0.15) is 30.1 Å². The zero-order chi connectivity index (χ0) is 24.7. The molecule has 0 unspecified atom stereocenters. The highest BCUT2D eigenvalue weighted by atomic mass is 28.3. The number of rotatable bonds is 9. The molecule has 0 bridgehead atoms. The van der Waals surface area contributed by atoms with Gasteiger partial charge in [0, 0.05) is 45.4 Å². The third-order valence-corrected chi connectivity index (χ3v) is 7.67. The number of fused-ring (bicyclic) bond motifs is 1. The van der Waals surface area contributed by atoms with Crippen molar-refractivity contribution in [2.24, 2.45) is 5.92 Å². The second kappa shape index (κ2) is 9.29. The van der Waals surface area contributed by atoms with Crippen LogP contribution in [0.4, 0.5) is 10.6 Å². The molecule has 1 amide bonds. The molecule has 0 atom stereocenters. The van der Waals surface area contributed by atoms with E-state index in [9.17, 15) is 9.59 Å². The van der Waals surface area contributed by atoms with Crippen molar-refractivity contribution in [1.82, 2.24) is 19.4 Å². The van der Waals surface area contributed by atoms with Gasteiger partial charge in [-0.25, -0.2) is 14.8 Å². The standard InChI is InChI=1S/C24H37N5O4Si/c1-24(2,3)33-23(31)28-11-17(12-28)27-21-19-18(20(30)16-7-8-16)13-29(22(19)26-14-25-21)15-32-9-10-34(4,5)6/h13-14,16-17H,7-12,15H2,1-6H3,(H,25,26,27). The first-order valence-electron chi connectivity index (χ1n) is 12.1. The normalized spacial score (nSPS) is 17.1. The number of nitrogens with zero attached hydrogens (tertiary/aromatic N) is 4. The molecule has 34 heavy (non-hydrogen) atoms. The summed E-state index contributed by atoms with van der Waals surface area (Å²) >= 11 is 0. The molecule has 0 aromatic carbocycles.